The zero-order valence-corrected chi connectivity index (χ0v) is 26.3. The van der Waals surface area contributed by atoms with Crippen LogP contribution in [0, 0.1) is 0 Å². The highest BCUT2D eigenvalue weighted by Crippen LogP contribution is 2.34. The highest BCUT2D eigenvalue weighted by atomic mass is 16.8. The molecule has 0 aromatic heterocycles. The molecular weight excluding hydrogens is 552 g/mol. The van der Waals surface area contributed by atoms with Crippen LogP contribution in [-0.2, 0) is 31.8 Å². The number of carbonyl (C=O) groups excluding carboxylic acids is 4. The Bertz CT molecular complexity index is 1200. The van der Waals surface area contributed by atoms with Crippen LogP contribution in [0.3, 0.4) is 0 Å². The molecule has 4 atom stereocenters. The van der Waals surface area contributed by atoms with Crippen LogP contribution in [0.2, 0.25) is 0 Å². The number of amides is 2. The van der Waals surface area contributed by atoms with E-state index in [0.29, 0.717) is 22.3 Å². The number of ether oxygens (including phenoxy) is 4. The summed E-state index contributed by atoms with van der Waals surface area (Å²) in [7, 11) is 0. The fraction of sp³-hybridized carbons (Fsp3) is 0.515. The molecule has 2 N–H and O–H groups in total. The number of aldehydes is 2. The highest BCUT2D eigenvalue weighted by molar-refractivity contribution is 5.78. The lowest BCUT2D eigenvalue weighted by Gasteiger charge is -2.33. The van der Waals surface area contributed by atoms with E-state index < -0.39 is 53.5 Å². The van der Waals surface area contributed by atoms with Crippen molar-refractivity contribution < 1.29 is 38.1 Å². The van der Waals surface area contributed by atoms with Gasteiger partial charge in [0.15, 0.2) is 5.79 Å². The largest absolute Gasteiger partial charge is 0.444 e. The smallest absolute Gasteiger partial charge is 0.407 e. The van der Waals surface area contributed by atoms with Gasteiger partial charge in [-0.15, -0.1) is 0 Å². The molecule has 0 aliphatic carbocycles. The van der Waals surface area contributed by atoms with Crippen molar-refractivity contribution in [3.63, 3.8) is 0 Å². The van der Waals surface area contributed by atoms with Gasteiger partial charge in [0, 0.05) is 11.1 Å². The van der Waals surface area contributed by atoms with Crippen LogP contribution in [0.25, 0.3) is 0 Å². The molecule has 10 heteroatoms. The van der Waals surface area contributed by atoms with Crippen molar-refractivity contribution in [2.24, 2.45) is 0 Å². The average Bonchev–Trinajstić information content (AvgIpc) is 3.21. The predicted molar refractivity (Wildman–Crippen MR) is 161 cm³/mol. The van der Waals surface area contributed by atoms with Crippen LogP contribution in [0.5, 0.6) is 0 Å². The first kappa shape index (κ1) is 33.7. The second-order valence-electron chi connectivity index (χ2n) is 13.1. The van der Waals surface area contributed by atoms with Crippen molar-refractivity contribution in [3.8, 4) is 0 Å². The Morgan fingerprint density at radius 1 is 0.744 bits per heavy atom. The molecule has 3 rings (SSSR count). The van der Waals surface area contributed by atoms with E-state index in [1.165, 1.54) is 0 Å². The monoisotopic (exact) mass is 596 g/mol. The SMILES string of the molecule is CC(C)(C)OC(=O)N[C@@H](Cc1ccccc1C=O)[C@H]1OC(C)(C)O[C@@H]1[C@H](Cc1ccccc1C=O)NC(=O)OC(C)(C)C. The lowest BCUT2D eigenvalue weighted by Crippen LogP contribution is -2.57. The molecule has 43 heavy (non-hydrogen) atoms. The molecule has 0 spiro atoms. The Balaban J connectivity index is 2.07. The quantitative estimate of drug-likeness (QED) is 0.349. The molecule has 1 aliphatic rings. The van der Waals surface area contributed by atoms with Crippen molar-refractivity contribution in [2.45, 2.75) is 110 Å². The lowest BCUT2D eigenvalue weighted by atomic mass is 9.89. The number of hydrogen-bond acceptors (Lipinski definition) is 8. The van der Waals surface area contributed by atoms with Crippen molar-refractivity contribution in [1.82, 2.24) is 10.6 Å². The molecule has 1 aliphatic heterocycles. The predicted octanol–water partition coefficient (Wildman–Crippen LogP) is 5.40. The molecule has 0 saturated carbocycles. The second-order valence-corrected chi connectivity index (χ2v) is 13.1. The maximum Gasteiger partial charge on any atom is 0.407 e. The summed E-state index contributed by atoms with van der Waals surface area (Å²) in [4.78, 5) is 49.9. The van der Waals surface area contributed by atoms with Gasteiger partial charge in [-0.2, -0.15) is 0 Å². The van der Waals surface area contributed by atoms with E-state index in [4.69, 9.17) is 18.9 Å². The maximum absolute atomic E-state index is 13.1. The molecule has 1 saturated heterocycles. The first-order valence-electron chi connectivity index (χ1n) is 14.4. The fourth-order valence-electron chi connectivity index (χ4n) is 5.00. The van der Waals surface area contributed by atoms with Gasteiger partial charge in [-0.1, -0.05) is 48.5 Å². The standard InChI is InChI=1S/C33H44N2O8/c1-31(2,3)42-29(38)34-25(17-21-13-9-11-15-23(21)19-36)27-28(41-33(7,8)40-27)26(35-30(39)43-32(4,5)6)18-22-14-10-12-16-24(22)20-37/h9-16,19-20,25-28H,17-18H2,1-8H3,(H,34,38)(H,35,39)/t25-,26-,27+,28+/m0/s1. The van der Waals surface area contributed by atoms with Crippen molar-refractivity contribution in [1.29, 1.82) is 0 Å². The van der Waals surface area contributed by atoms with Gasteiger partial charge in [0.25, 0.3) is 0 Å². The van der Waals surface area contributed by atoms with Crippen LogP contribution in [0.4, 0.5) is 9.59 Å². The Kier molecular flexibility index (Phi) is 10.7. The van der Waals surface area contributed by atoms with Gasteiger partial charge in [0.05, 0.1) is 12.1 Å². The molecule has 234 valence electrons. The van der Waals surface area contributed by atoms with E-state index in [9.17, 15) is 19.2 Å². The van der Waals surface area contributed by atoms with Gasteiger partial charge in [-0.3, -0.25) is 9.59 Å². The van der Waals surface area contributed by atoms with Gasteiger partial charge in [0.2, 0.25) is 0 Å². The zero-order chi connectivity index (χ0) is 32.0. The molecule has 2 amide bonds. The van der Waals surface area contributed by atoms with E-state index in [0.717, 1.165) is 12.6 Å². The van der Waals surface area contributed by atoms with E-state index in [-0.39, 0.29) is 12.8 Å². The number of hydrogen-bond donors (Lipinski definition) is 2. The number of nitrogens with one attached hydrogen (secondary N) is 2. The summed E-state index contributed by atoms with van der Waals surface area (Å²) in [6.07, 6.45) is -1.03. The molecule has 0 radical (unpaired) electrons. The summed E-state index contributed by atoms with van der Waals surface area (Å²) < 4.78 is 24.0. The van der Waals surface area contributed by atoms with Crippen LogP contribution in [-0.4, -0.2) is 66.0 Å². The molecular formula is C33H44N2O8. The summed E-state index contributed by atoms with van der Waals surface area (Å²) in [5, 5.41) is 5.87. The summed E-state index contributed by atoms with van der Waals surface area (Å²) in [6.45, 7) is 14.0. The van der Waals surface area contributed by atoms with Gasteiger partial charge >= 0.3 is 12.2 Å². The Morgan fingerprint density at radius 3 is 1.42 bits per heavy atom. The molecule has 10 nitrogen and oxygen atoms in total. The molecule has 1 heterocycles. The number of alkyl carbamates (subject to hydrolysis) is 2. The van der Waals surface area contributed by atoms with Crippen LogP contribution in [0.15, 0.2) is 48.5 Å². The van der Waals surface area contributed by atoms with Crippen LogP contribution < -0.4 is 10.6 Å². The third-order valence-electron chi connectivity index (χ3n) is 6.60. The fourth-order valence-corrected chi connectivity index (χ4v) is 5.00. The molecule has 2 aromatic carbocycles. The third-order valence-corrected chi connectivity index (χ3v) is 6.60. The number of benzene rings is 2. The first-order valence-corrected chi connectivity index (χ1v) is 14.4. The minimum atomic E-state index is -1.11. The van der Waals surface area contributed by atoms with E-state index in [2.05, 4.69) is 10.6 Å². The molecule has 0 unspecified atom stereocenters. The van der Waals surface area contributed by atoms with E-state index in [1.807, 2.05) is 12.1 Å². The lowest BCUT2D eigenvalue weighted by molar-refractivity contribution is -0.150. The van der Waals surface area contributed by atoms with Gasteiger partial charge in [0.1, 0.15) is 36.0 Å². The van der Waals surface area contributed by atoms with Gasteiger partial charge in [-0.25, -0.2) is 9.59 Å². The van der Waals surface area contributed by atoms with Gasteiger partial charge < -0.3 is 29.6 Å². The topological polar surface area (TPSA) is 129 Å². The average molecular weight is 597 g/mol. The van der Waals surface area contributed by atoms with Crippen molar-refractivity contribution in [3.05, 3.63) is 70.8 Å². The number of rotatable bonds is 10. The summed E-state index contributed by atoms with van der Waals surface area (Å²) in [6, 6.07) is 12.7. The Labute approximate surface area is 253 Å². The van der Waals surface area contributed by atoms with E-state index >= 15 is 0 Å². The van der Waals surface area contributed by atoms with Crippen molar-refractivity contribution >= 4 is 24.8 Å². The van der Waals surface area contributed by atoms with E-state index in [1.54, 1.807) is 91.8 Å². The summed E-state index contributed by atoms with van der Waals surface area (Å²) in [5.41, 5.74) is 0.788. The highest BCUT2D eigenvalue weighted by Gasteiger charge is 2.50. The van der Waals surface area contributed by atoms with Gasteiger partial charge in [-0.05, 0) is 79.4 Å². The minimum absolute atomic E-state index is 0.207. The van der Waals surface area contributed by atoms with Crippen molar-refractivity contribution in [2.75, 3.05) is 0 Å². The molecule has 0 bridgehead atoms. The maximum atomic E-state index is 13.1. The second kappa shape index (κ2) is 13.7. The van der Waals surface area contributed by atoms with Crippen LogP contribution >= 0.6 is 0 Å². The van der Waals surface area contributed by atoms with Crippen LogP contribution in [0.1, 0.15) is 87.2 Å². The number of carbonyl (C=O) groups is 4. The molecule has 2 aromatic rings. The molecule has 1 fully saturated rings. The minimum Gasteiger partial charge on any atom is -0.444 e. The summed E-state index contributed by atoms with van der Waals surface area (Å²) in [5.74, 6) is -1.11. The Hall–Kier alpha value is -3.76. The zero-order valence-electron chi connectivity index (χ0n) is 26.3. The third kappa shape index (κ3) is 10.2. The summed E-state index contributed by atoms with van der Waals surface area (Å²) >= 11 is 0. The first-order chi connectivity index (χ1) is 20.0. The normalized spacial score (nSPS) is 19.5. The Morgan fingerprint density at radius 2 is 1.09 bits per heavy atom.